The number of para-hydroxylation sites is 2. The molecule has 26 heavy (non-hydrogen) atoms. The molecule has 2 N–H and O–H groups in total. The average Bonchev–Trinajstić information content (AvgIpc) is 2.94. The zero-order valence-corrected chi connectivity index (χ0v) is 15.6. The molecule has 1 aromatic heterocycles. The minimum Gasteiger partial charge on any atom is -0.324 e. The number of aromatic amines is 1. The van der Waals surface area contributed by atoms with Crippen molar-refractivity contribution in [2.45, 2.75) is 19.6 Å². The molecule has 5 nitrogen and oxygen atoms in total. The van der Waals surface area contributed by atoms with Crippen LogP contribution in [0.15, 0.2) is 59.5 Å². The van der Waals surface area contributed by atoms with Crippen LogP contribution in [0.1, 0.15) is 16.8 Å². The molecule has 0 bridgehead atoms. The van der Waals surface area contributed by atoms with Crippen LogP contribution in [-0.2, 0) is 10.5 Å². The zero-order chi connectivity index (χ0) is 18.5. The number of hydrogen-bond donors (Lipinski definition) is 2. The molecule has 1 heterocycles. The number of anilines is 1. The van der Waals surface area contributed by atoms with E-state index >= 15 is 0 Å². The summed E-state index contributed by atoms with van der Waals surface area (Å²) >= 11 is 1.57. The van der Waals surface area contributed by atoms with Crippen LogP contribution in [0.2, 0.25) is 0 Å². The fourth-order valence-corrected chi connectivity index (χ4v) is 3.55. The third-order valence-electron chi connectivity index (χ3n) is 3.96. The van der Waals surface area contributed by atoms with Gasteiger partial charge in [0.1, 0.15) is 0 Å². The summed E-state index contributed by atoms with van der Waals surface area (Å²) in [7, 11) is 0. The molecule has 6 heteroatoms. The first kappa shape index (κ1) is 18.1. The number of benzene rings is 2. The minimum absolute atomic E-state index is 0.0867. The summed E-state index contributed by atoms with van der Waals surface area (Å²) in [5.74, 6) is 1.05. The Morgan fingerprint density at radius 2 is 1.96 bits per heavy atom. The molecule has 0 aliphatic heterocycles. The molecule has 0 radical (unpaired) electrons. The number of amides is 1. The average molecular weight is 367 g/mol. The fraction of sp³-hybridized carbons (Fsp3) is 0.200. The van der Waals surface area contributed by atoms with Crippen molar-refractivity contribution in [3.8, 4) is 5.69 Å². The third kappa shape index (κ3) is 4.26. The quantitative estimate of drug-likeness (QED) is 0.699. The van der Waals surface area contributed by atoms with Crippen molar-refractivity contribution in [1.29, 1.82) is 0 Å². The van der Waals surface area contributed by atoms with Crippen molar-refractivity contribution in [3.05, 3.63) is 82.0 Å². The maximum Gasteiger partial charge on any atom is 0.330 e. The Kier molecular flexibility index (Phi) is 5.63. The van der Waals surface area contributed by atoms with Crippen molar-refractivity contribution in [2.75, 3.05) is 11.1 Å². The van der Waals surface area contributed by atoms with Crippen molar-refractivity contribution in [3.63, 3.8) is 0 Å². The lowest BCUT2D eigenvalue weighted by atomic mass is 10.2. The van der Waals surface area contributed by atoms with Gasteiger partial charge < -0.3 is 10.3 Å². The second-order valence-electron chi connectivity index (χ2n) is 6.12. The third-order valence-corrected chi connectivity index (χ3v) is 4.97. The lowest BCUT2D eigenvalue weighted by molar-refractivity contribution is -0.113. The maximum absolute atomic E-state index is 12.3. The summed E-state index contributed by atoms with van der Waals surface area (Å²) in [5.41, 5.74) is 4.27. The van der Waals surface area contributed by atoms with E-state index in [2.05, 4.69) is 35.4 Å². The number of thioether (sulfide) groups is 1. The van der Waals surface area contributed by atoms with Crippen LogP contribution < -0.4 is 11.0 Å². The maximum atomic E-state index is 12.3. The first-order chi connectivity index (χ1) is 12.5. The molecule has 0 fully saturated rings. The number of aryl methyl sites for hydroxylation is 2. The van der Waals surface area contributed by atoms with Crippen molar-refractivity contribution < 1.29 is 4.79 Å². The number of aromatic nitrogens is 2. The highest BCUT2D eigenvalue weighted by molar-refractivity contribution is 7.99. The summed E-state index contributed by atoms with van der Waals surface area (Å²) in [4.78, 5) is 27.0. The number of hydrogen-bond acceptors (Lipinski definition) is 3. The Labute approximate surface area is 156 Å². The molecule has 0 saturated heterocycles. The normalized spacial score (nSPS) is 10.7. The highest BCUT2D eigenvalue weighted by atomic mass is 32.2. The van der Waals surface area contributed by atoms with Gasteiger partial charge in [0.2, 0.25) is 5.91 Å². The molecule has 0 aliphatic carbocycles. The summed E-state index contributed by atoms with van der Waals surface area (Å²) < 4.78 is 1.55. The molecule has 0 unspecified atom stereocenters. The van der Waals surface area contributed by atoms with Gasteiger partial charge in [-0.2, -0.15) is 0 Å². The van der Waals surface area contributed by atoms with E-state index in [1.165, 1.54) is 11.1 Å². The molecule has 0 aliphatic rings. The lowest BCUT2D eigenvalue weighted by Gasteiger charge is -2.12. The van der Waals surface area contributed by atoms with Gasteiger partial charge in [0.15, 0.2) is 0 Å². The first-order valence-corrected chi connectivity index (χ1v) is 9.49. The summed E-state index contributed by atoms with van der Waals surface area (Å²) in [6.45, 7) is 3.90. The monoisotopic (exact) mass is 367 g/mol. The Hall–Kier alpha value is -2.73. The molecule has 3 aromatic rings. The van der Waals surface area contributed by atoms with Gasteiger partial charge in [-0.1, -0.05) is 42.0 Å². The Morgan fingerprint density at radius 3 is 2.69 bits per heavy atom. The molecule has 1 amide bonds. The number of rotatable bonds is 6. The van der Waals surface area contributed by atoms with E-state index in [0.717, 1.165) is 11.4 Å². The van der Waals surface area contributed by atoms with E-state index in [-0.39, 0.29) is 11.6 Å². The number of imidazole rings is 1. The molecule has 3 rings (SSSR count). The lowest BCUT2D eigenvalue weighted by Crippen LogP contribution is -2.20. The van der Waals surface area contributed by atoms with E-state index in [1.807, 2.05) is 31.2 Å². The molecular weight excluding hydrogens is 346 g/mol. The second-order valence-corrected chi connectivity index (χ2v) is 7.10. The van der Waals surface area contributed by atoms with Crippen LogP contribution in [0.4, 0.5) is 5.69 Å². The van der Waals surface area contributed by atoms with Gasteiger partial charge in [-0.25, -0.2) is 4.79 Å². The number of H-pyrrole nitrogens is 1. The smallest absolute Gasteiger partial charge is 0.324 e. The molecule has 0 atom stereocenters. The minimum atomic E-state index is -0.224. The highest BCUT2D eigenvalue weighted by Gasteiger charge is 2.12. The van der Waals surface area contributed by atoms with E-state index in [1.54, 1.807) is 28.6 Å². The molecular formula is C20H21N3O2S. The van der Waals surface area contributed by atoms with E-state index < -0.39 is 0 Å². The topological polar surface area (TPSA) is 66.9 Å². The standard InChI is InChI=1S/C20H21N3O2S/c1-14-6-5-7-16(10-14)12-26-13-19(24)22-17-8-3-4-9-18(17)23-15(2)11-21-20(23)25/h3-11H,12-13H2,1-2H3,(H,21,25)(H,22,24). The zero-order valence-electron chi connectivity index (χ0n) is 14.8. The van der Waals surface area contributed by atoms with Gasteiger partial charge in [0, 0.05) is 17.6 Å². The van der Waals surface area contributed by atoms with Crippen molar-refractivity contribution >= 4 is 23.4 Å². The summed E-state index contributed by atoms with van der Waals surface area (Å²) in [5, 5.41) is 2.92. The first-order valence-electron chi connectivity index (χ1n) is 8.34. The summed E-state index contributed by atoms with van der Waals surface area (Å²) in [6, 6.07) is 15.6. The predicted octanol–water partition coefficient (Wildman–Crippen LogP) is 3.65. The molecule has 0 saturated carbocycles. The van der Waals surface area contributed by atoms with E-state index in [9.17, 15) is 9.59 Å². The van der Waals surface area contributed by atoms with Crippen LogP contribution in [0.3, 0.4) is 0 Å². The van der Waals surface area contributed by atoms with Gasteiger partial charge in [0.05, 0.1) is 17.1 Å². The second kappa shape index (κ2) is 8.10. The van der Waals surface area contributed by atoms with Crippen LogP contribution in [0, 0.1) is 13.8 Å². The van der Waals surface area contributed by atoms with Gasteiger partial charge in [-0.05, 0) is 31.5 Å². The van der Waals surface area contributed by atoms with Crippen LogP contribution in [0.5, 0.6) is 0 Å². The van der Waals surface area contributed by atoms with Gasteiger partial charge >= 0.3 is 5.69 Å². The molecule has 134 valence electrons. The molecule has 2 aromatic carbocycles. The van der Waals surface area contributed by atoms with E-state index in [0.29, 0.717) is 17.1 Å². The Morgan fingerprint density at radius 1 is 1.15 bits per heavy atom. The SMILES string of the molecule is Cc1cccc(CSCC(=O)Nc2ccccc2-n2c(C)c[nH]c2=O)c1. The number of carbonyl (C=O) groups excluding carboxylic acids is 1. The summed E-state index contributed by atoms with van der Waals surface area (Å²) in [6.07, 6.45) is 1.65. The number of nitrogens with one attached hydrogen (secondary N) is 2. The van der Waals surface area contributed by atoms with Crippen LogP contribution in [0.25, 0.3) is 5.69 Å². The predicted molar refractivity (Wildman–Crippen MR) is 107 cm³/mol. The van der Waals surface area contributed by atoms with Gasteiger partial charge in [-0.15, -0.1) is 11.8 Å². The number of nitrogens with zero attached hydrogens (tertiary/aromatic N) is 1. The van der Waals surface area contributed by atoms with Crippen molar-refractivity contribution in [2.24, 2.45) is 0 Å². The molecule has 0 spiro atoms. The van der Waals surface area contributed by atoms with Crippen LogP contribution >= 0.6 is 11.8 Å². The Bertz CT molecular complexity index is 975. The fourth-order valence-electron chi connectivity index (χ4n) is 2.78. The van der Waals surface area contributed by atoms with Gasteiger partial charge in [0.25, 0.3) is 0 Å². The van der Waals surface area contributed by atoms with Crippen LogP contribution in [-0.4, -0.2) is 21.2 Å². The van der Waals surface area contributed by atoms with Crippen molar-refractivity contribution in [1.82, 2.24) is 9.55 Å². The largest absolute Gasteiger partial charge is 0.330 e. The highest BCUT2D eigenvalue weighted by Crippen LogP contribution is 2.21. The Balaban J connectivity index is 1.66. The van der Waals surface area contributed by atoms with E-state index in [4.69, 9.17) is 0 Å². The number of carbonyl (C=O) groups is 1. The van der Waals surface area contributed by atoms with Gasteiger partial charge in [-0.3, -0.25) is 9.36 Å².